The van der Waals surface area contributed by atoms with E-state index in [1.165, 1.54) is 0 Å². The number of aromatic nitrogens is 2. The molecule has 0 saturated heterocycles. The number of nitrogens with zero attached hydrogens (tertiary/aromatic N) is 1. The molecule has 1 heterocycles. The van der Waals surface area contributed by atoms with Gasteiger partial charge in [0, 0.05) is 18.3 Å². The molecule has 0 saturated carbocycles. The Morgan fingerprint density at radius 2 is 2.88 bits per heavy atom. The topological polar surface area (TPSA) is 28.7 Å². The van der Waals surface area contributed by atoms with Crippen LogP contribution in [-0.4, -0.2) is 9.97 Å². The molecule has 8 heavy (non-hydrogen) atoms. The highest BCUT2D eigenvalue weighted by Gasteiger charge is 1.85. The number of H-pyrrole nitrogens is 1. The SMILES string of the molecule is C=CCc1cn[c][nH]1. The van der Waals surface area contributed by atoms with E-state index in [4.69, 9.17) is 0 Å². The first-order valence-corrected chi connectivity index (χ1v) is 2.44. The van der Waals surface area contributed by atoms with Gasteiger partial charge in [-0.15, -0.1) is 6.58 Å². The summed E-state index contributed by atoms with van der Waals surface area (Å²) in [5.74, 6) is 0. The first-order chi connectivity index (χ1) is 3.93. The lowest BCUT2D eigenvalue weighted by atomic mass is 10.3. The Morgan fingerprint density at radius 3 is 3.38 bits per heavy atom. The summed E-state index contributed by atoms with van der Waals surface area (Å²) >= 11 is 0. The minimum Gasteiger partial charge on any atom is -0.339 e. The molecule has 0 atom stereocenters. The quantitative estimate of drug-likeness (QED) is 0.560. The highest BCUT2D eigenvalue weighted by atomic mass is 14.8. The van der Waals surface area contributed by atoms with Crippen LogP contribution < -0.4 is 0 Å². The predicted octanol–water partition coefficient (Wildman–Crippen LogP) is 0.938. The molecule has 0 aromatic carbocycles. The van der Waals surface area contributed by atoms with Gasteiger partial charge in [0.15, 0.2) is 6.33 Å². The highest BCUT2D eigenvalue weighted by Crippen LogP contribution is 1.90. The third kappa shape index (κ3) is 0.964. The van der Waals surface area contributed by atoms with E-state index in [2.05, 4.69) is 22.9 Å². The molecule has 1 aromatic rings. The third-order valence-electron chi connectivity index (χ3n) is 0.866. The Balaban J connectivity index is 2.62. The molecule has 0 unspecified atom stereocenters. The van der Waals surface area contributed by atoms with Crippen molar-refractivity contribution < 1.29 is 0 Å². The molecule has 0 amide bonds. The van der Waals surface area contributed by atoms with Crippen LogP contribution >= 0.6 is 0 Å². The lowest BCUT2D eigenvalue weighted by molar-refractivity contribution is 1.15. The van der Waals surface area contributed by atoms with Gasteiger partial charge in [-0.25, -0.2) is 4.98 Å². The van der Waals surface area contributed by atoms with E-state index < -0.39 is 0 Å². The number of rotatable bonds is 2. The van der Waals surface area contributed by atoms with E-state index >= 15 is 0 Å². The summed E-state index contributed by atoms with van der Waals surface area (Å²) in [4.78, 5) is 6.54. The summed E-state index contributed by atoms with van der Waals surface area (Å²) in [7, 11) is 0. The number of imidazole rings is 1. The van der Waals surface area contributed by atoms with Crippen molar-refractivity contribution in [2.75, 3.05) is 0 Å². The molecule has 0 spiro atoms. The van der Waals surface area contributed by atoms with Gasteiger partial charge in [-0.3, -0.25) is 0 Å². The average molecular weight is 107 g/mol. The van der Waals surface area contributed by atoms with Gasteiger partial charge in [0.25, 0.3) is 0 Å². The van der Waals surface area contributed by atoms with Gasteiger partial charge in [-0.1, -0.05) is 6.08 Å². The monoisotopic (exact) mass is 107 g/mol. The molecule has 1 aromatic heterocycles. The van der Waals surface area contributed by atoms with Crippen LogP contribution in [0.25, 0.3) is 0 Å². The Hall–Kier alpha value is -1.05. The number of nitrogens with one attached hydrogen (secondary N) is 1. The molecular formula is C6H7N2. The maximum Gasteiger partial charge on any atom is 0.173 e. The van der Waals surface area contributed by atoms with E-state index in [0.717, 1.165) is 12.1 Å². The molecule has 0 aliphatic carbocycles. The second-order valence-electron chi connectivity index (χ2n) is 1.51. The first-order valence-electron chi connectivity index (χ1n) is 2.44. The molecule has 0 fully saturated rings. The first kappa shape index (κ1) is 5.09. The highest BCUT2D eigenvalue weighted by molar-refractivity contribution is 4.98. The normalized spacial score (nSPS) is 9.00. The summed E-state index contributed by atoms with van der Waals surface area (Å²) in [6, 6.07) is 0. The van der Waals surface area contributed by atoms with Gasteiger partial charge in [0.2, 0.25) is 0 Å². The molecule has 1 rings (SSSR count). The van der Waals surface area contributed by atoms with Crippen molar-refractivity contribution >= 4 is 0 Å². The molecule has 2 nitrogen and oxygen atoms in total. The fourth-order valence-electron chi connectivity index (χ4n) is 0.506. The van der Waals surface area contributed by atoms with Gasteiger partial charge in [-0.2, -0.15) is 0 Å². The van der Waals surface area contributed by atoms with Gasteiger partial charge in [0.1, 0.15) is 0 Å². The lowest BCUT2D eigenvalue weighted by Crippen LogP contribution is -1.75. The molecule has 1 radical (unpaired) electrons. The van der Waals surface area contributed by atoms with Crippen LogP contribution in [0.15, 0.2) is 18.9 Å². The van der Waals surface area contributed by atoms with Crippen molar-refractivity contribution in [1.82, 2.24) is 9.97 Å². The molecule has 0 aliphatic heterocycles. The van der Waals surface area contributed by atoms with Gasteiger partial charge in [-0.05, 0) is 0 Å². The van der Waals surface area contributed by atoms with E-state index in [0.29, 0.717) is 0 Å². The molecule has 1 N–H and O–H groups in total. The van der Waals surface area contributed by atoms with E-state index in [9.17, 15) is 0 Å². The van der Waals surface area contributed by atoms with Crippen molar-refractivity contribution in [2.45, 2.75) is 6.42 Å². The van der Waals surface area contributed by atoms with Crippen LogP contribution in [0.2, 0.25) is 0 Å². The fraction of sp³-hybridized carbons (Fsp3) is 0.167. The Bertz CT molecular complexity index is 153. The summed E-state index contributed by atoms with van der Waals surface area (Å²) in [5, 5.41) is 0. The lowest BCUT2D eigenvalue weighted by Gasteiger charge is -1.81. The minimum absolute atomic E-state index is 0.844. The minimum atomic E-state index is 0.844. The van der Waals surface area contributed by atoms with Crippen molar-refractivity contribution in [1.29, 1.82) is 0 Å². The van der Waals surface area contributed by atoms with Crippen LogP contribution in [0.3, 0.4) is 0 Å². The zero-order valence-electron chi connectivity index (χ0n) is 4.52. The van der Waals surface area contributed by atoms with Crippen LogP contribution in [-0.2, 0) is 6.42 Å². The molecule has 2 heteroatoms. The van der Waals surface area contributed by atoms with Gasteiger partial charge in [0.05, 0.1) is 0 Å². The number of allylic oxidation sites excluding steroid dienone is 1. The largest absolute Gasteiger partial charge is 0.339 e. The summed E-state index contributed by atoms with van der Waals surface area (Å²) in [5.41, 5.74) is 1.06. The number of hydrogen-bond acceptors (Lipinski definition) is 1. The molecule has 0 bridgehead atoms. The number of hydrogen-bond donors (Lipinski definition) is 1. The summed E-state index contributed by atoms with van der Waals surface area (Å²) < 4.78 is 0. The van der Waals surface area contributed by atoms with Crippen molar-refractivity contribution in [2.24, 2.45) is 0 Å². The maximum atomic E-state index is 3.71. The Kier molecular flexibility index (Phi) is 1.47. The zero-order valence-corrected chi connectivity index (χ0v) is 4.52. The van der Waals surface area contributed by atoms with Crippen LogP contribution in [0.5, 0.6) is 0 Å². The standard InChI is InChI=1S/C6H7N2/c1-2-3-6-4-7-5-8-6/h2,4H,1,3H2,(H,7,8). The zero-order chi connectivity index (χ0) is 5.82. The fourth-order valence-corrected chi connectivity index (χ4v) is 0.506. The van der Waals surface area contributed by atoms with Crippen LogP contribution in [0.1, 0.15) is 5.69 Å². The third-order valence-corrected chi connectivity index (χ3v) is 0.866. The van der Waals surface area contributed by atoms with Gasteiger partial charge < -0.3 is 4.98 Å². The summed E-state index contributed by atoms with van der Waals surface area (Å²) in [6.07, 6.45) is 6.99. The smallest absolute Gasteiger partial charge is 0.173 e. The second-order valence-corrected chi connectivity index (χ2v) is 1.51. The van der Waals surface area contributed by atoms with Gasteiger partial charge >= 0.3 is 0 Å². The van der Waals surface area contributed by atoms with E-state index in [-0.39, 0.29) is 0 Å². The Morgan fingerprint density at radius 1 is 2.00 bits per heavy atom. The summed E-state index contributed by atoms with van der Waals surface area (Å²) in [6.45, 7) is 3.57. The average Bonchev–Trinajstić information content (AvgIpc) is 2.19. The van der Waals surface area contributed by atoms with Crippen molar-refractivity contribution in [3.05, 3.63) is 30.9 Å². The predicted molar refractivity (Wildman–Crippen MR) is 31.3 cm³/mol. The maximum absolute atomic E-state index is 3.71. The Labute approximate surface area is 48.3 Å². The van der Waals surface area contributed by atoms with Crippen molar-refractivity contribution in [3.8, 4) is 0 Å². The van der Waals surface area contributed by atoms with E-state index in [1.54, 1.807) is 6.20 Å². The van der Waals surface area contributed by atoms with Crippen LogP contribution in [0.4, 0.5) is 0 Å². The molecule has 0 aliphatic rings. The van der Waals surface area contributed by atoms with E-state index in [1.807, 2.05) is 6.08 Å². The van der Waals surface area contributed by atoms with Crippen LogP contribution in [0, 0.1) is 6.33 Å². The molecular weight excluding hydrogens is 100 g/mol. The van der Waals surface area contributed by atoms with Crippen molar-refractivity contribution in [3.63, 3.8) is 0 Å². The second kappa shape index (κ2) is 2.31. The number of aromatic amines is 1. The molecule has 41 valence electrons.